The van der Waals surface area contributed by atoms with Crippen LogP contribution in [0.5, 0.6) is 5.75 Å². The summed E-state index contributed by atoms with van der Waals surface area (Å²) in [4.78, 5) is 24.1. The number of carboxylic acids is 1. The van der Waals surface area contributed by atoms with Gasteiger partial charge in [-0.3, -0.25) is 4.79 Å². The minimum absolute atomic E-state index is 0.00634. The molecule has 0 atom stereocenters. The van der Waals surface area contributed by atoms with Crippen LogP contribution in [0.4, 0.5) is 0 Å². The maximum absolute atomic E-state index is 12.4. The molecule has 1 aromatic heterocycles. The Morgan fingerprint density at radius 3 is 2.24 bits per heavy atom. The van der Waals surface area contributed by atoms with E-state index >= 15 is 0 Å². The van der Waals surface area contributed by atoms with Crippen molar-refractivity contribution in [3.63, 3.8) is 0 Å². The Hall–Kier alpha value is -3.39. The van der Waals surface area contributed by atoms with Crippen LogP contribution in [-0.2, 0) is 22.9 Å². The fourth-order valence-electron chi connectivity index (χ4n) is 2.64. The van der Waals surface area contributed by atoms with E-state index in [-0.39, 0.29) is 29.4 Å². The smallest absolute Gasteiger partial charge is 0.375 e. The van der Waals surface area contributed by atoms with Gasteiger partial charge in [0.25, 0.3) is 5.76 Å². The summed E-state index contributed by atoms with van der Waals surface area (Å²) < 4.78 is 35.4. The van der Waals surface area contributed by atoms with Crippen molar-refractivity contribution in [1.82, 2.24) is 0 Å². The van der Waals surface area contributed by atoms with Gasteiger partial charge in [-0.05, 0) is 17.7 Å². The lowest BCUT2D eigenvalue weighted by molar-refractivity contribution is 0.0647. The lowest BCUT2D eigenvalue weighted by Crippen LogP contribution is -2.16. The molecule has 3 aromatic rings. The molecule has 0 saturated carbocycles. The fraction of sp³-hybridized carbons (Fsp3) is 0.143. The van der Waals surface area contributed by atoms with E-state index in [0.29, 0.717) is 0 Å². The molecule has 7 nitrogen and oxygen atoms in total. The van der Waals surface area contributed by atoms with Crippen LogP contribution in [0.2, 0.25) is 0 Å². The van der Waals surface area contributed by atoms with Crippen molar-refractivity contribution < 1.29 is 27.5 Å². The van der Waals surface area contributed by atoms with E-state index in [1.165, 1.54) is 12.1 Å². The first-order chi connectivity index (χ1) is 13.9. The third-order valence-corrected chi connectivity index (χ3v) is 5.83. The minimum Gasteiger partial charge on any atom is -0.481 e. The average molecular weight is 414 g/mol. The minimum atomic E-state index is -3.60. The first kappa shape index (κ1) is 20.3. The lowest BCUT2D eigenvalue weighted by atomic mass is 10.2. The number of benzene rings is 2. The summed E-state index contributed by atoms with van der Waals surface area (Å²) in [5, 5.41) is 9.39. The Morgan fingerprint density at radius 2 is 1.62 bits per heavy atom. The molecule has 0 aliphatic rings. The second-order valence-corrected chi connectivity index (χ2v) is 8.31. The standard InChI is InChI=1S/C21H18O7S/c22-18-13-16(11-12-29(25,26)17-9-5-2-6-10-17)28-20(21(23)24)19(18)27-14-15-7-3-1-4-8-15/h1-10,13H,11-12,14H2,(H,23,24). The summed E-state index contributed by atoms with van der Waals surface area (Å²) in [6.07, 6.45) is -0.147. The quantitative estimate of drug-likeness (QED) is 0.603. The normalized spacial score (nSPS) is 11.2. The van der Waals surface area contributed by atoms with Crippen LogP contribution in [0, 0.1) is 0 Å². The number of hydrogen-bond donors (Lipinski definition) is 1. The third-order valence-electron chi connectivity index (χ3n) is 4.10. The second kappa shape index (κ2) is 8.74. The van der Waals surface area contributed by atoms with Crippen LogP contribution in [0.25, 0.3) is 0 Å². The molecule has 8 heteroatoms. The number of rotatable bonds is 8. The zero-order valence-electron chi connectivity index (χ0n) is 15.3. The maximum Gasteiger partial charge on any atom is 0.375 e. The summed E-state index contributed by atoms with van der Waals surface area (Å²) in [7, 11) is -3.60. The molecule has 3 rings (SSSR count). The number of carboxylic acid groups (broad SMARTS) is 1. The Balaban J connectivity index is 1.81. The second-order valence-electron chi connectivity index (χ2n) is 6.20. The van der Waals surface area contributed by atoms with E-state index in [1.807, 2.05) is 6.07 Å². The van der Waals surface area contributed by atoms with Gasteiger partial charge < -0.3 is 14.3 Å². The summed E-state index contributed by atoms with van der Waals surface area (Å²) in [5.74, 6) is -2.92. The lowest BCUT2D eigenvalue weighted by Gasteiger charge is -2.10. The largest absolute Gasteiger partial charge is 0.481 e. The first-order valence-electron chi connectivity index (χ1n) is 8.71. The van der Waals surface area contributed by atoms with Crippen LogP contribution in [0.3, 0.4) is 0 Å². The van der Waals surface area contributed by atoms with Gasteiger partial charge in [0.05, 0.1) is 10.6 Å². The van der Waals surface area contributed by atoms with Crippen LogP contribution in [0.1, 0.15) is 21.9 Å². The molecular weight excluding hydrogens is 396 g/mol. The van der Waals surface area contributed by atoms with Crippen molar-refractivity contribution in [2.75, 3.05) is 5.75 Å². The molecule has 0 bridgehead atoms. The van der Waals surface area contributed by atoms with Crippen LogP contribution in [-0.4, -0.2) is 25.2 Å². The number of ether oxygens (including phenoxy) is 1. The molecule has 0 fully saturated rings. The van der Waals surface area contributed by atoms with Crippen molar-refractivity contribution in [3.8, 4) is 5.75 Å². The summed E-state index contributed by atoms with van der Waals surface area (Å²) in [6, 6.07) is 17.8. The molecule has 0 saturated heterocycles. The molecule has 0 aliphatic carbocycles. The molecule has 0 spiro atoms. The van der Waals surface area contributed by atoms with Gasteiger partial charge in [0.1, 0.15) is 12.4 Å². The molecule has 1 heterocycles. The van der Waals surface area contributed by atoms with Crippen molar-refractivity contribution in [2.45, 2.75) is 17.9 Å². The average Bonchev–Trinajstić information content (AvgIpc) is 2.72. The molecule has 0 amide bonds. The predicted octanol–water partition coefficient (Wildman–Crippen LogP) is 2.93. The molecular formula is C21H18O7S. The van der Waals surface area contributed by atoms with Gasteiger partial charge >= 0.3 is 5.97 Å². The molecule has 0 aliphatic heterocycles. The Kier molecular flexibility index (Phi) is 6.13. The number of aryl methyl sites for hydroxylation is 1. The predicted molar refractivity (Wildman–Crippen MR) is 105 cm³/mol. The zero-order chi connectivity index (χ0) is 20.9. The Bertz CT molecular complexity index is 1150. The Labute approximate surface area is 167 Å². The van der Waals surface area contributed by atoms with Gasteiger partial charge in [0, 0.05) is 12.5 Å². The van der Waals surface area contributed by atoms with E-state index in [9.17, 15) is 23.1 Å². The molecule has 0 unspecified atom stereocenters. The molecule has 150 valence electrons. The van der Waals surface area contributed by atoms with Crippen molar-refractivity contribution in [1.29, 1.82) is 0 Å². The van der Waals surface area contributed by atoms with Crippen LogP contribution in [0.15, 0.2) is 80.8 Å². The van der Waals surface area contributed by atoms with Gasteiger partial charge in [-0.1, -0.05) is 48.5 Å². The van der Waals surface area contributed by atoms with E-state index in [1.54, 1.807) is 42.5 Å². The number of aromatic carboxylic acids is 1. The third kappa shape index (κ3) is 5.11. The Morgan fingerprint density at radius 1 is 1.00 bits per heavy atom. The van der Waals surface area contributed by atoms with Gasteiger partial charge in [-0.15, -0.1) is 0 Å². The number of carbonyl (C=O) groups is 1. The molecule has 0 radical (unpaired) electrons. The van der Waals surface area contributed by atoms with Gasteiger partial charge in [0.2, 0.25) is 11.2 Å². The molecule has 2 aromatic carbocycles. The summed E-state index contributed by atoms with van der Waals surface area (Å²) in [6.45, 7) is -0.00634. The van der Waals surface area contributed by atoms with Crippen molar-refractivity contribution >= 4 is 15.8 Å². The highest BCUT2D eigenvalue weighted by Gasteiger charge is 2.22. The van der Waals surface area contributed by atoms with Crippen LogP contribution >= 0.6 is 0 Å². The van der Waals surface area contributed by atoms with E-state index in [2.05, 4.69) is 0 Å². The first-order valence-corrected chi connectivity index (χ1v) is 10.4. The highest BCUT2D eigenvalue weighted by molar-refractivity contribution is 7.91. The van der Waals surface area contributed by atoms with Gasteiger partial charge in [-0.2, -0.15) is 0 Å². The van der Waals surface area contributed by atoms with Crippen molar-refractivity contribution in [3.05, 3.63) is 94.0 Å². The topological polar surface area (TPSA) is 111 Å². The maximum atomic E-state index is 12.4. The molecule has 29 heavy (non-hydrogen) atoms. The van der Waals surface area contributed by atoms with E-state index in [4.69, 9.17) is 9.15 Å². The van der Waals surface area contributed by atoms with Crippen molar-refractivity contribution in [2.24, 2.45) is 0 Å². The summed E-state index contributed by atoms with van der Waals surface area (Å²) >= 11 is 0. The monoisotopic (exact) mass is 414 g/mol. The number of hydrogen-bond acceptors (Lipinski definition) is 6. The van der Waals surface area contributed by atoms with Crippen LogP contribution < -0.4 is 10.2 Å². The van der Waals surface area contributed by atoms with E-state index < -0.39 is 32.7 Å². The van der Waals surface area contributed by atoms with E-state index in [0.717, 1.165) is 11.6 Å². The van der Waals surface area contributed by atoms with Gasteiger partial charge in [0.15, 0.2) is 9.84 Å². The molecule has 1 N–H and O–H groups in total. The SMILES string of the molecule is O=C(O)c1oc(CCS(=O)(=O)c2ccccc2)cc(=O)c1OCc1ccccc1. The zero-order valence-corrected chi connectivity index (χ0v) is 16.1. The number of sulfone groups is 1. The highest BCUT2D eigenvalue weighted by Crippen LogP contribution is 2.19. The van der Waals surface area contributed by atoms with Gasteiger partial charge in [-0.25, -0.2) is 13.2 Å². The summed E-state index contributed by atoms with van der Waals surface area (Å²) in [5.41, 5.74) is 0.0676. The fourth-order valence-corrected chi connectivity index (χ4v) is 3.92. The highest BCUT2D eigenvalue weighted by atomic mass is 32.2.